The van der Waals surface area contributed by atoms with E-state index >= 15 is 0 Å². The highest BCUT2D eigenvalue weighted by molar-refractivity contribution is 5.61. The second kappa shape index (κ2) is 7.31. The normalized spacial score (nSPS) is 14.1. The van der Waals surface area contributed by atoms with Crippen LogP contribution in [-0.2, 0) is 0 Å². The van der Waals surface area contributed by atoms with Crippen LogP contribution in [-0.4, -0.2) is 36.1 Å². The highest BCUT2D eigenvalue weighted by Crippen LogP contribution is 2.22. The molecule has 2 heterocycles. The van der Waals surface area contributed by atoms with Gasteiger partial charge in [-0.15, -0.1) is 0 Å². The van der Waals surface area contributed by atoms with E-state index in [-0.39, 0.29) is 0 Å². The Morgan fingerprint density at radius 3 is 2.39 bits per heavy atom. The molecule has 122 valence electrons. The van der Waals surface area contributed by atoms with Crippen LogP contribution in [0.4, 0.5) is 23.1 Å². The van der Waals surface area contributed by atoms with E-state index in [1.807, 2.05) is 12.3 Å². The maximum atomic E-state index is 4.63. The molecule has 0 aliphatic carbocycles. The number of anilines is 4. The molecule has 5 heteroatoms. The summed E-state index contributed by atoms with van der Waals surface area (Å²) in [5, 5.41) is 3.37. The summed E-state index contributed by atoms with van der Waals surface area (Å²) >= 11 is 0. The summed E-state index contributed by atoms with van der Waals surface area (Å²) < 4.78 is 0. The molecule has 1 aliphatic heterocycles. The zero-order valence-electron chi connectivity index (χ0n) is 14.0. The number of benzene rings is 1. The molecule has 1 fully saturated rings. The third kappa shape index (κ3) is 3.73. The molecule has 1 aliphatic rings. The highest BCUT2D eigenvalue weighted by atomic mass is 15.3. The standard InChI is InChI=1S/C18H25N5/c1-3-22(4-2)16-9-7-15(8-10-16)20-17-11-12-19-18(21-17)23-13-5-6-14-23/h7-12H,3-6,13-14H2,1-2H3,(H,19,20,21). The van der Waals surface area contributed by atoms with Crippen molar-refractivity contribution in [2.24, 2.45) is 0 Å². The Hall–Kier alpha value is -2.30. The van der Waals surface area contributed by atoms with Gasteiger partial charge in [0.1, 0.15) is 5.82 Å². The van der Waals surface area contributed by atoms with Gasteiger partial charge >= 0.3 is 0 Å². The van der Waals surface area contributed by atoms with Gasteiger partial charge in [0.2, 0.25) is 5.95 Å². The lowest BCUT2D eigenvalue weighted by Gasteiger charge is -2.21. The summed E-state index contributed by atoms with van der Waals surface area (Å²) in [5.74, 6) is 1.67. The summed E-state index contributed by atoms with van der Waals surface area (Å²) in [6.45, 7) is 8.51. The van der Waals surface area contributed by atoms with Crippen molar-refractivity contribution in [3.8, 4) is 0 Å². The van der Waals surface area contributed by atoms with Crippen LogP contribution in [0.25, 0.3) is 0 Å². The minimum atomic E-state index is 0.826. The summed E-state index contributed by atoms with van der Waals surface area (Å²) in [6.07, 6.45) is 4.29. The number of nitrogens with zero attached hydrogens (tertiary/aromatic N) is 4. The first-order valence-electron chi connectivity index (χ1n) is 8.50. The Bertz CT molecular complexity index is 616. The molecule has 0 unspecified atom stereocenters. The SMILES string of the molecule is CCN(CC)c1ccc(Nc2ccnc(N3CCCC3)n2)cc1. The van der Waals surface area contributed by atoms with Gasteiger partial charge in [-0.3, -0.25) is 0 Å². The van der Waals surface area contributed by atoms with E-state index in [1.165, 1.54) is 18.5 Å². The lowest BCUT2D eigenvalue weighted by Crippen LogP contribution is -2.21. The minimum absolute atomic E-state index is 0.826. The van der Waals surface area contributed by atoms with Gasteiger partial charge in [-0.1, -0.05) is 0 Å². The molecule has 1 saturated heterocycles. The molecule has 3 rings (SSSR count). The van der Waals surface area contributed by atoms with Gasteiger partial charge in [0.05, 0.1) is 0 Å². The third-order valence-corrected chi connectivity index (χ3v) is 4.30. The number of hydrogen-bond acceptors (Lipinski definition) is 5. The van der Waals surface area contributed by atoms with Crippen LogP contribution < -0.4 is 15.1 Å². The number of aromatic nitrogens is 2. The minimum Gasteiger partial charge on any atom is -0.372 e. The molecule has 0 amide bonds. The molecule has 0 bridgehead atoms. The molecule has 23 heavy (non-hydrogen) atoms. The van der Waals surface area contributed by atoms with E-state index < -0.39 is 0 Å². The molecule has 2 aromatic rings. The molecule has 1 aromatic carbocycles. The molecule has 5 nitrogen and oxygen atoms in total. The number of rotatable bonds is 6. The molecular weight excluding hydrogens is 286 g/mol. The average Bonchev–Trinajstić information content (AvgIpc) is 3.12. The van der Waals surface area contributed by atoms with Crippen LogP contribution in [0.15, 0.2) is 36.5 Å². The Labute approximate surface area is 138 Å². The average molecular weight is 311 g/mol. The number of nitrogens with one attached hydrogen (secondary N) is 1. The van der Waals surface area contributed by atoms with Crippen LogP contribution in [0, 0.1) is 0 Å². The van der Waals surface area contributed by atoms with Gasteiger partial charge in [-0.25, -0.2) is 4.98 Å². The van der Waals surface area contributed by atoms with Crippen molar-refractivity contribution in [3.63, 3.8) is 0 Å². The van der Waals surface area contributed by atoms with Gasteiger partial charge in [0.15, 0.2) is 0 Å². The van der Waals surface area contributed by atoms with E-state index in [1.54, 1.807) is 0 Å². The van der Waals surface area contributed by atoms with Gasteiger partial charge in [0.25, 0.3) is 0 Å². The largest absolute Gasteiger partial charge is 0.372 e. The van der Waals surface area contributed by atoms with Gasteiger partial charge < -0.3 is 15.1 Å². The summed E-state index contributed by atoms with van der Waals surface area (Å²) in [6, 6.07) is 10.4. The van der Waals surface area contributed by atoms with E-state index in [0.29, 0.717) is 0 Å². The molecule has 0 atom stereocenters. The summed E-state index contributed by atoms with van der Waals surface area (Å²) in [4.78, 5) is 13.6. The molecule has 0 spiro atoms. The van der Waals surface area contributed by atoms with Crippen LogP contribution in [0.1, 0.15) is 26.7 Å². The smallest absolute Gasteiger partial charge is 0.227 e. The molecule has 1 N–H and O–H groups in total. The summed E-state index contributed by atoms with van der Waals surface area (Å²) in [5.41, 5.74) is 2.30. The topological polar surface area (TPSA) is 44.3 Å². The zero-order valence-corrected chi connectivity index (χ0v) is 14.0. The van der Waals surface area contributed by atoms with Crippen molar-refractivity contribution in [2.75, 3.05) is 41.3 Å². The van der Waals surface area contributed by atoms with Crippen molar-refractivity contribution >= 4 is 23.1 Å². The van der Waals surface area contributed by atoms with Gasteiger partial charge in [0, 0.05) is 43.8 Å². The Morgan fingerprint density at radius 1 is 1.04 bits per heavy atom. The van der Waals surface area contributed by atoms with Crippen LogP contribution in [0.2, 0.25) is 0 Å². The van der Waals surface area contributed by atoms with Gasteiger partial charge in [-0.2, -0.15) is 4.98 Å². The van der Waals surface area contributed by atoms with E-state index in [2.05, 4.69) is 63.2 Å². The van der Waals surface area contributed by atoms with Crippen molar-refractivity contribution < 1.29 is 0 Å². The second-order valence-corrected chi connectivity index (χ2v) is 5.78. The van der Waals surface area contributed by atoms with Crippen molar-refractivity contribution in [3.05, 3.63) is 36.5 Å². The predicted molar refractivity (Wildman–Crippen MR) is 96.8 cm³/mol. The lowest BCUT2D eigenvalue weighted by molar-refractivity contribution is 0.866. The maximum absolute atomic E-state index is 4.63. The Kier molecular flexibility index (Phi) is 4.95. The first-order valence-corrected chi connectivity index (χ1v) is 8.50. The van der Waals surface area contributed by atoms with Crippen LogP contribution in [0.5, 0.6) is 0 Å². The first kappa shape index (κ1) is 15.6. The van der Waals surface area contributed by atoms with Crippen LogP contribution in [0.3, 0.4) is 0 Å². The fourth-order valence-corrected chi connectivity index (χ4v) is 2.98. The monoisotopic (exact) mass is 311 g/mol. The van der Waals surface area contributed by atoms with Crippen LogP contribution >= 0.6 is 0 Å². The van der Waals surface area contributed by atoms with E-state index in [0.717, 1.165) is 43.6 Å². The maximum Gasteiger partial charge on any atom is 0.227 e. The summed E-state index contributed by atoms with van der Waals surface area (Å²) in [7, 11) is 0. The fourth-order valence-electron chi connectivity index (χ4n) is 2.98. The molecular formula is C18H25N5. The lowest BCUT2D eigenvalue weighted by atomic mass is 10.2. The van der Waals surface area contributed by atoms with E-state index in [4.69, 9.17) is 0 Å². The van der Waals surface area contributed by atoms with Gasteiger partial charge in [-0.05, 0) is 57.0 Å². The van der Waals surface area contributed by atoms with E-state index in [9.17, 15) is 0 Å². The second-order valence-electron chi connectivity index (χ2n) is 5.78. The quantitative estimate of drug-likeness (QED) is 0.882. The fraction of sp³-hybridized carbons (Fsp3) is 0.444. The van der Waals surface area contributed by atoms with Crippen molar-refractivity contribution in [1.29, 1.82) is 0 Å². The molecule has 1 aromatic heterocycles. The highest BCUT2D eigenvalue weighted by Gasteiger charge is 2.14. The van der Waals surface area contributed by atoms with Crippen molar-refractivity contribution in [1.82, 2.24) is 9.97 Å². The Morgan fingerprint density at radius 2 is 1.74 bits per heavy atom. The van der Waals surface area contributed by atoms with Crippen molar-refractivity contribution in [2.45, 2.75) is 26.7 Å². The number of hydrogen-bond donors (Lipinski definition) is 1. The Balaban J connectivity index is 1.70. The zero-order chi connectivity index (χ0) is 16.1. The third-order valence-electron chi connectivity index (χ3n) is 4.30. The molecule has 0 saturated carbocycles. The predicted octanol–water partition coefficient (Wildman–Crippen LogP) is 3.67. The molecule has 0 radical (unpaired) electrons. The first-order chi connectivity index (χ1) is 11.3.